The summed E-state index contributed by atoms with van der Waals surface area (Å²) >= 11 is 0. The molecular weight excluding hydrogens is 212 g/mol. The van der Waals surface area contributed by atoms with Gasteiger partial charge in [0, 0.05) is 25.2 Å². The van der Waals surface area contributed by atoms with Gasteiger partial charge in [0.1, 0.15) is 0 Å². The van der Waals surface area contributed by atoms with E-state index in [0.29, 0.717) is 18.2 Å². The first kappa shape index (κ1) is 13.3. The second kappa shape index (κ2) is 6.17. The van der Waals surface area contributed by atoms with Gasteiger partial charge in [-0.15, -0.1) is 0 Å². The van der Waals surface area contributed by atoms with Crippen LogP contribution in [0.1, 0.15) is 45.4 Å². The smallest absolute Gasteiger partial charge is 0.0702 e. The van der Waals surface area contributed by atoms with E-state index in [1.165, 1.54) is 38.5 Å². The van der Waals surface area contributed by atoms with Crippen molar-refractivity contribution in [1.29, 1.82) is 0 Å². The zero-order chi connectivity index (χ0) is 12.3. The largest absolute Gasteiger partial charge is 0.377 e. The van der Waals surface area contributed by atoms with E-state index in [0.717, 1.165) is 19.1 Å². The maximum Gasteiger partial charge on any atom is 0.0702 e. The van der Waals surface area contributed by atoms with Crippen LogP contribution >= 0.6 is 0 Å². The molecule has 3 heteroatoms. The van der Waals surface area contributed by atoms with Gasteiger partial charge in [-0.2, -0.15) is 0 Å². The maximum absolute atomic E-state index is 6.29. The highest BCUT2D eigenvalue weighted by atomic mass is 16.5. The topological polar surface area (TPSA) is 38.5 Å². The molecule has 0 aromatic heterocycles. The van der Waals surface area contributed by atoms with Gasteiger partial charge < -0.3 is 10.5 Å². The number of rotatable bonds is 4. The minimum Gasteiger partial charge on any atom is -0.377 e. The summed E-state index contributed by atoms with van der Waals surface area (Å²) in [5.74, 6) is 0.881. The number of nitrogens with two attached hydrogens (primary N) is 1. The number of hydrogen-bond donors (Lipinski definition) is 1. The summed E-state index contributed by atoms with van der Waals surface area (Å²) in [6.45, 7) is 4.32. The van der Waals surface area contributed by atoms with Crippen molar-refractivity contribution in [3.05, 3.63) is 0 Å². The molecule has 0 amide bonds. The molecule has 2 fully saturated rings. The second-order valence-electron chi connectivity index (χ2n) is 5.89. The van der Waals surface area contributed by atoms with E-state index in [1.807, 2.05) is 0 Å². The SMILES string of the molecule is CCC1CCC(N)C(N(C)CC2CCCO2)C1. The van der Waals surface area contributed by atoms with Crippen molar-refractivity contribution >= 4 is 0 Å². The van der Waals surface area contributed by atoms with E-state index in [9.17, 15) is 0 Å². The maximum atomic E-state index is 6.29. The minimum atomic E-state index is 0.365. The van der Waals surface area contributed by atoms with Crippen LogP contribution < -0.4 is 5.73 Å². The number of hydrogen-bond acceptors (Lipinski definition) is 3. The molecule has 0 aromatic rings. The molecule has 2 aliphatic rings. The molecule has 17 heavy (non-hydrogen) atoms. The van der Waals surface area contributed by atoms with Crippen LogP contribution in [0.3, 0.4) is 0 Å². The third-order valence-corrected chi connectivity index (χ3v) is 4.64. The monoisotopic (exact) mass is 240 g/mol. The summed E-state index contributed by atoms with van der Waals surface area (Å²) in [7, 11) is 2.23. The van der Waals surface area contributed by atoms with Crippen LogP contribution in [0.15, 0.2) is 0 Å². The average molecular weight is 240 g/mol. The highest BCUT2D eigenvalue weighted by Gasteiger charge is 2.31. The molecule has 1 saturated carbocycles. The Morgan fingerprint density at radius 1 is 1.29 bits per heavy atom. The second-order valence-corrected chi connectivity index (χ2v) is 5.89. The fourth-order valence-electron chi connectivity index (χ4n) is 3.38. The lowest BCUT2D eigenvalue weighted by atomic mass is 9.80. The summed E-state index contributed by atoms with van der Waals surface area (Å²) in [6.07, 6.45) is 8.00. The average Bonchev–Trinajstić information content (AvgIpc) is 2.82. The van der Waals surface area contributed by atoms with Crippen LogP contribution in [0.2, 0.25) is 0 Å². The first-order valence-corrected chi connectivity index (χ1v) is 7.28. The van der Waals surface area contributed by atoms with Crippen LogP contribution in [0.25, 0.3) is 0 Å². The molecule has 2 N–H and O–H groups in total. The van der Waals surface area contributed by atoms with Gasteiger partial charge in [-0.1, -0.05) is 13.3 Å². The van der Waals surface area contributed by atoms with Gasteiger partial charge in [0.05, 0.1) is 6.10 Å². The molecule has 0 spiro atoms. The Morgan fingerprint density at radius 3 is 2.76 bits per heavy atom. The summed E-state index contributed by atoms with van der Waals surface area (Å²) < 4.78 is 5.72. The molecule has 4 atom stereocenters. The molecule has 0 aromatic carbocycles. The Hall–Kier alpha value is -0.120. The van der Waals surface area contributed by atoms with Crippen LogP contribution in [0.4, 0.5) is 0 Å². The lowest BCUT2D eigenvalue weighted by molar-refractivity contribution is 0.0493. The van der Waals surface area contributed by atoms with Crippen molar-refractivity contribution in [3.63, 3.8) is 0 Å². The third-order valence-electron chi connectivity index (χ3n) is 4.64. The van der Waals surface area contributed by atoms with Gasteiger partial charge in [0.25, 0.3) is 0 Å². The molecule has 1 heterocycles. The van der Waals surface area contributed by atoms with Crippen molar-refractivity contribution in [1.82, 2.24) is 4.90 Å². The van der Waals surface area contributed by atoms with E-state index >= 15 is 0 Å². The first-order chi connectivity index (χ1) is 8.20. The normalized spacial score (nSPS) is 38.8. The van der Waals surface area contributed by atoms with E-state index < -0.39 is 0 Å². The lowest BCUT2D eigenvalue weighted by Gasteiger charge is -2.40. The van der Waals surface area contributed by atoms with Crippen LogP contribution in [0.5, 0.6) is 0 Å². The van der Waals surface area contributed by atoms with Gasteiger partial charge in [0.15, 0.2) is 0 Å². The molecule has 0 radical (unpaired) electrons. The summed E-state index contributed by atoms with van der Waals surface area (Å²) in [6, 6.07) is 0.933. The fourth-order valence-corrected chi connectivity index (χ4v) is 3.38. The summed E-state index contributed by atoms with van der Waals surface area (Å²) in [5.41, 5.74) is 6.29. The fraction of sp³-hybridized carbons (Fsp3) is 1.00. The predicted molar refractivity (Wildman–Crippen MR) is 71.0 cm³/mol. The Balaban J connectivity index is 1.84. The molecule has 3 nitrogen and oxygen atoms in total. The van der Waals surface area contributed by atoms with Crippen molar-refractivity contribution < 1.29 is 4.74 Å². The minimum absolute atomic E-state index is 0.365. The molecule has 2 rings (SSSR count). The summed E-state index contributed by atoms with van der Waals surface area (Å²) in [5, 5.41) is 0. The van der Waals surface area contributed by atoms with Crippen molar-refractivity contribution in [2.45, 2.75) is 63.6 Å². The Labute approximate surface area is 106 Å². The molecule has 1 saturated heterocycles. The number of likely N-dealkylation sites (N-methyl/N-ethyl adjacent to an activating group) is 1. The highest BCUT2D eigenvalue weighted by molar-refractivity contribution is 4.89. The van der Waals surface area contributed by atoms with Gasteiger partial charge >= 0.3 is 0 Å². The number of nitrogens with zero attached hydrogens (tertiary/aromatic N) is 1. The molecular formula is C14H28N2O. The van der Waals surface area contributed by atoms with Crippen LogP contribution in [0, 0.1) is 5.92 Å². The lowest BCUT2D eigenvalue weighted by Crippen LogP contribution is -2.51. The Bertz CT molecular complexity index is 228. The van der Waals surface area contributed by atoms with Crippen molar-refractivity contribution in [2.75, 3.05) is 20.2 Å². The number of ether oxygens (including phenoxy) is 1. The zero-order valence-corrected chi connectivity index (χ0v) is 11.4. The molecule has 1 aliphatic carbocycles. The van der Waals surface area contributed by atoms with Gasteiger partial charge in [-0.25, -0.2) is 0 Å². The first-order valence-electron chi connectivity index (χ1n) is 7.28. The van der Waals surface area contributed by atoms with Gasteiger partial charge in [-0.3, -0.25) is 4.90 Å². The van der Waals surface area contributed by atoms with E-state index in [1.54, 1.807) is 0 Å². The quantitative estimate of drug-likeness (QED) is 0.817. The standard InChI is InChI=1S/C14H28N2O/c1-3-11-6-7-13(15)14(9-11)16(2)10-12-5-4-8-17-12/h11-14H,3-10,15H2,1-2H3. The Morgan fingerprint density at radius 2 is 2.12 bits per heavy atom. The van der Waals surface area contributed by atoms with E-state index in [-0.39, 0.29) is 0 Å². The highest BCUT2D eigenvalue weighted by Crippen LogP contribution is 2.29. The molecule has 0 bridgehead atoms. The van der Waals surface area contributed by atoms with Crippen molar-refractivity contribution in [3.8, 4) is 0 Å². The van der Waals surface area contributed by atoms with Gasteiger partial charge in [-0.05, 0) is 45.1 Å². The molecule has 100 valence electrons. The summed E-state index contributed by atoms with van der Waals surface area (Å²) in [4.78, 5) is 2.46. The van der Waals surface area contributed by atoms with Gasteiger partial charge in [0.2, 0.25) is 0 Å². The van der Waals surface area contributed by atoms with E-state index in [4.69, 9.17) is 10.5 Å². The van der Waals surface area contributed by atoms with Crippen LogP contribution in [-0.2, 0) is 4.74 Å². The molecule has 4 unspecified atom stereocenters. The Kier molecular flexibility index (Phi) is 4.83. The third kappa shape index (κ3) is 3.43. The zero-order valence-electron chi connectivity index (χ0n) is 11.4. The predicted octanol–water partition coefficient (Wildman–Crippen LogP) is 2.00. The van der Waals surface area contributed by atoms with E-state index in [2.05, 4.69) is 18.9 Å². The van der Waals surface area contributed by atoms with Crippen molar-refractivity contribution in [2.24, 2.45) is 11.7 Å². The molecule has 1 aliphatic heterocycles. The van der Waals surface area contributed by atoms with Crippen LogP contribution in [-0.4, -0.2) is 43.3 Å².